The van der Waals surface area contributed by atoms with E-state index in [-0.39, 0.29) is 0 Å². The number of urea groups is 1. The summed E-state index contributed by atoms with van der Waals surface area (Å²) in [6.07, 6.45) is -0.474. The summed E-state index contributed by atoms with van der Waals surface area (Å²) in [5.74, 6) is -2.13. The largest absolute Gasteiger partial charge is 0.480 e. The number of hydrogen-bond acceptors (Lipinski definition) is 3. The van der Waals surface area contributed by atoms with Crippen molar-refractivity contribution in [3.63, 3.8) is 0 Å². The van der Waals surface area contributed by atoms with Gasteiger partial charge in [-0.25, -0.2) is 9.59 Å². The molecule has 0 radical (unpaired) electrons. The number of fused-ring (bicyclic) bond motifs is 1. The zero-order valence-electron chi connectivity index (χ0n) is 11.6. The summed E-state index contributed by atoms with van der Waals surface area (Å²) < 4.78 is 0. The van der Waals surface area contributed by atoms with Crippen molar-refractivity contribution in [1.29, 1.82) is 0 Å². The summed E-state index contributed by atoms with van der Waals surface area (Å²) in [5.41, 5.74) is 5.50. The van der Waals surface area contributed by atoms with Crippen molar-refractivity contribution in [1.82, 2.24) is 5.32 Å². The Hall–Kier alpha value is -3.09. The van der Waals surface area contributed by atoms with Crippen LogP contribution in [0.2, 0.25) is 0 Å². The van der Waals surface area contributed by atoms with Gasteiger partial charge in [-0.05, 0) is 11.5 Å². The van der Waals surface area contributed by atoms with Crippen molar-refractivity contribution >= 4 is 34.4 Å². The Morgan fingerprint density at radius 3 is 2.45 bits per heavy atom. The third-order valence-electron chi connectivity index (χ3n) is 3.05. The molecule has 0 aliphatic heterocycles. The van der Waals surface area contributed by atoms with Crippen molar-refractivity contribution in [2.75, 3.05) is 5.32 Å². The van der Waals surface area contributed by atoms with Crippen LogP contribution in [0.5, 0.6) is 0 Å². The number of carbonyl (C=O) groups is 3. The molecule has 0 saturated heterocycles. The van der Waals surface area contributed by atoms with Gasteiger partial charge in [0.1, 0.15) is 6.04 Å². The topological polar surface area (TPSA) is 122 Å². The second-order valence-electron chi connectivity index (χ2n) is 4.69. The number of anilines is 1. The Bertz CT molecular complexity index is 724. The highest BCUT2D eigenvalue weighted by atomic mass is 16.4. The minimum Gasteiger partial charge on any atom is -0.480 e. The van der Waals surface area contributed by atoms with E-state index in [0.717, 1.165) is 10.8 Å². The van der Waals surface area contributed by atoms with E-state index < -0.39 is 30.4 Å². The first-order valence-electron chi connectivity index (χ1n) is 6.54. The number of rotatable bonds is 5. The van der Waals surface area contributed by atoms with E-state index in [1.165, 1.54) is 0 Å². The third kappa shape index (κ3) is 3.72. The van der Waals surface area contributed by atoms with Gasteiger partial charge in [-0.3, -0.25) is 4.79 Å². The summed E-state index contributed by atoms with van der Waals surface area (Å²) in [5, 5.41) is 15.5. The van der Waals surface area contributed by atoms with Gasteiger partial charge >= 0.3 is 12.0 Å². The van der Waals surface area contributed by atoms with Crippen LogP contribution in [0.4, 0.5) is 10.5 Å². The van der Waals surface area contributed by atoms with E-state index in [2.05, 4.69) is 10.6 Å². The molecule has 0 aromatic heterocycles. The lowest BCUT2D eigenvalue weighted by molar-refractivity contribution is -0.140. The molecule has 114 valence electrons. The van der Waals surface area contributed by atoms with E-state index in [1.807, 2.05) is 30.3 Å². The molecule has 3 amide bonds. The SMILES string of the molecule is NC(=O)C[C@H](NC(=O)Nc1cccc2ccccc12)C(=O)O. The smallest absolute Gasteiger partial charge is 0.326 e. The predicted octanol–water partition coefficient (Wildman–Crippen LogP) is 1.29. The fraction of sp³-hybridized carbons (Fsp3) is 0.133. The zero-order chi connectivity index (χ0) is 16.1. The van der Waals surface area contributed by atoms with Crippen LogP contribution in [0.15, 0.2) is 42.5 Å². The number of nitrogens with one attached hydrogen (secondary N) is 2. The van der Waals surface area contributed by atoms with Crippen molar-refractivity contribution in [2.24, 2.45) is 5.73 Å². The first-order chi connectivity index (χ1) is 10.5. The van der Waals surface area contributed by atoms with Gasteiger partial charge in [0.2, 0.25) is 5.91 Å². The summed E-state index contributed by atoms with van der Waals surface area (Å²) in [7, 11) is 0. The number of benzene rings is 2. The van der Waals surface area contributed by atoms with E-state index in [4.69, 9.17) is 10.8 Å². The molecule has 2 aromatic carbocycles. The second kappa shape index (κ2) is 6.57. The fourth-order valence-electron chi connectivity index (χ4n) is 2.05. The Morgan fingerprint density at radius 1 is 1.09 bits per heavy atom. The van der Waals surface area contributed by atoms with Gasteiger partial charge in [0.25, 0.3) is 0 Å². The number of carboxylic acids is 1. The van der Waals surface area contributed by atoms with Crippen LogP contribution < -0.4 is 16.4 Å². The molecule has 2 rings (SSSR count). The predicted molar refractivity (Wildman–Crippen MR) is 81.3 cm³/mol. The molecule has 0 saturated carbocycles. The molecule has 7 heteroatoms. The Kier molecular flexibility index (Phi) is 4.57. The van der Waals surface area contributed by atoms with Crippen molar-refractivity contribution in [3.05, 3.63) is 42.5 Å². The zero-order valence-corrected chi connectivity index (χ0v) is 11.6. The molecule has 0 aliphatic carbocycles. The lowest BCUT2D eigenvalue weighted by Gasteiger charge is -2.14. The average Bonchev–Trinajstić information content (AvgIpc) is 2.46. The number of carboxylic acid groups (broad SMARTS) is 1. The Labute approximate surface area is 126 Å². The van der Waals surface area contributed by atoms with Crippen LogP contribution in [0, 0.1) is 0 Å². The molecule has 7 nitrogen and oxygen atoms in total. The molecule has 2 aromatic rings. The molecule has 0 spiro atoms. The van der Waals surface area contributed by atoms with E-state index in [9.17, 15) is 14.4 Å². The van der Waals surface area contributed by atoms with Crippen LogP contribution in [0.3, 0.4) is 0 Å². The molecule has 1 atom stereocenters. The van der Waals surface area contributed by atoms with Crippen LogP contribution in [0.25, 0.3) is 10.8 Å². The Balaban J connectivity index is 2.13. The highest BCUT2D eigenvalue weighted by Gasteiger charge is 2.22. The maximum atomic E-state index is 11.9. The number of nitrogens with two attached hydrogens (primary N) is 1. The van der Waals surface area contributed by atoms with Crippen molar-refractivity contribution in [2.45, 2.75) is 12.5 Å². The van der Waals surface area contributed by atoms with Gasteiger partial charge in [-0.2, -0.15) is 0 Å². The molecule has 0 aliphatic rings. The highest BCUT2D eigenvalue weighted by molar-refractivity contribution is 6.02. The van der Waals surface area contributed by atoms with Crippen LogP contribution >= 0.6 is 0 Å². The summed E-state index contributed by atoms with van der Waals surface area (Å²) >= 11 is 0. The van der Waals surface area contributed by atoms with Crippen molar-refractivity contribution in [3.8, 4) is 0 Å². The molecular weight excluding hydrogens is 286 g/mol. The van der Waals surface area contributed by atoms with Gasteiger partial charge in [0, 0.05) is 5.39 Å². The minimum atomic E-state index is -1.37. The van der Waals surface area contributed by atoms with Crippen molar-refractivity contribution < 1.29 is 19.5 Å². The Morgan fingerprint density at radius 2 is 1.77 bits per heavy atom. The van der Waals surface area contributed by atoms with E-state index in [0.29, 0.717) is 5.69 Å². The van der Waals surface area contributed by atoms with E-state index >= 15 is 0 Å². The van der Waals surface area contributed by atoms with Crippen LogP contribution in [0.1, 0.15) is 6.42 Å². The molecule has 0 unspecified atom stereocenters. The summed E-state index contributed by atoms with van der Waals surface area (Å²) in [6, 6.07) is 10.7. The summed E-state index contributed by atoms with van der Waals surface area (Å²) in [6.45, 7) is 0. The van der Waals surface area contributed by atoms with Crippen LogP contribution in [-0.2, 0) is 9.59 Å². The van der Waals surface area contributed by atoms with E-state index in [1.54, 1.807) is 12.1 Å². The average molecular weight is 301 g/mol. The number of hydrogen-bond donors (Lipinski definition) is 4. The molecule has 0 bridgehead atoms. The standard InChI is InChI=1S/C15H15N3O4/c16-13(19)8-12(14(20)21)18-15(22)17-11-7-3-5-9-4-1-2-6-10(9)11/h1-7,12H,8H2,(H2,16,19)(H,20,21)(H2,17,18,22)/t12-/m0/s1. The maximum absolute atomic E-state index is 11.9. The maximum Gasteiger partial charge on any atom is 0.326 e. The molecule has 5 N–H and O–H groups in total. The lowest BCUT2D eigenvalue weighted by atomic mass is 10.1. The minimum absolute atomic E-state index is 0.474. The second-order valence-corrected chi connectivity index (χ2v) is 4.69. The normalized spacial score (nSPS) is 11.6. The fourth-order valence-corrected chi connectivity index (χ4v) is 2.05. The molecule has 0 fully saturated rings. The molecular formula is C15H15N3O4. The lowest BCUT2D eigenvalue weighted by Crippen LogP contribution is -2.45. The number of primary amides is 1. The highest BCUT2D eigenvalue weighted by Crippen LogP contribution is 2.22. The summed E-state index contributed by atoms with van der Waals surface area (Å²) in [4.78, 5) is 33.7. The number of amides is 3. The molecule has 22 heavy (non-hydrogen) atoms. The first kappa shape index (κ1) is 15.3. The number of carbonyl (C=O) groups excluding carboxylic acids is 2. The van der Waals surface area contributed by atoms with Gasteiger partial charge in [0.15, 0.2) is 0 Å². The first-order valence-corrected chi connectivity index (χ1v) is 6.54. The number of aliphatic carboxylic acids is 1. The monoisotopic (exact) mass is 301 g/mol. The van der Waals surface area contributed by atoms with Gasteiger partial charge < -0.3 is 21.5 Å². The van der Waals surface area contributed by atoms with Gasteiger partial charge in [0.05, 0.1) is 12.1 Å². The van der Waals surface area contributed by atoms with Gasteiger partial charge in [-0.15, -0.1) is 0 Å². The van der Waals surface area contributed by atoms with Crippen LogP contribution in [-0.4, -0.2) is 29.1 Å². The molecule has 0 heterocycles. The van der Waals surface area contributed by atoms with Gasteiger partial charge in [-0.1, -0.05) is 36.4 Å². The quantitative estimate of drug-likeness (QED) is 0.664. The third-order valence-corrected chi connectivity index (χ3v) is 3.05.